The zero-order valence-corrected chi connectivity index (χ0v) is 20.3. The number of anilines is 1. The van der Waals surface area contributed by atoms with E-state index in [2.05, 4.69) is 45.0 Å². The summed E-state index contributed by atoms with van der Waals surface area (Å²) in [5, 5.41) is 11.5. The predicted molar refractivity (Wildman–Crippen MR) is 137 cm³/mol. The molecule has 0 radical (unpaired) electrons. The second-order valence-corrected chi connectivity index (χ2v) is 8.21. The Morgan fingerprint density at radius 2 is 1.78 bits per heavy atom. The van der Waals surface area contributed by atoms with Crippen LogP contribution in [0.2, 0.25) is 0 Å². The maximum atomic E-state index is 5.53. The molecule has 0 fully saturated rings. The highest BCUT2D eigenvalue weighted by Crippen LogP contribution is 2.28. The van der Waals surface area contributed by atoms with Gasteiger partial charge in [0, 0.05) is 24.8 Å². The van der Waals surface area contributed by atoms with Crippen LogP contribution in [0.3, 0.4) is 0 Å². The summed E-state index contributed by atoms with van der Waals surface area (Å²) in [5.74, 6) is 3.05. The number of ether oxygens (including phenoxy) is 2. The standard InChI is InChI=1S/C27H28N6O3/c1-34-22-11-10-20(15-24(22)35-2)16-29-27-30-18-21(17-28-13-12-19-7-4-3-5-8-19)26-31-25(32-33(26)27)23-9-6-14-36-23/h3-11,14-15,18,28H,12-13,16-17H2,1-2H3,(H,29,30). The average Bonchev–Trinajstić information content (AvgIpc) is 3.61. The normalized spacial score (nSPS) is 11.1. The van der Waals surface area contributed by atoms with Gasteiger partial charge in [-0.3, -0.25) is 0 Å². The first-order valence-electron chi connectivity index (χ1n) is 11.7. The van der Waals surface area contributed by atoms with E-state index in [9.17, 15) is 0 Å². The van der Waals surface area contributed by atoms with Crippen molar-refractivity contribution in [3.8, 4) is 23.1 Å². The molecule has 184 valence electrons. The lowest BCUT2D eigenvalue weighted by Crippen LogP contribution is -2.18. The molecule has 0 saturated carbocycles. The van der Waals surface area contributed by atoms with Gasteiger partial charge >= 0.3 is 0 Å². The third-order valence-corrected chi connectivity index (χ3v) is 5.83. The summed E-state index contributed by atoms with van der Waals surface area (Å²) in [6.45, 7) is 1.98. The van der Waals surface area contributed by atoms with Crippen molar-refractivity contribution in [2.75, 3.05) is 26.1 Å². The van der Waals surface area contributed by atoms with Gasteiger partial charge in [0.1, 0.15) is 0 Å². The van der Waals surface area contributed by atoms with Gasteiger partial charge in [0.25, 0.3) is 0 Å². The molecular formula is C27H28N6O3. The molecule has 3 heterocycles. The molecule has 3 aromatic heterocycles. The fourth-order valence-corrected chi connectivity index (χ4v) is 3.95. The predicted octanol–water partition coefficient (Wildman–Crippen LogP) is 4.35. The van der Waals surface area contributed by atoms with Crippen molar-refractivity contribution in [3.63, 3.8) is 0 Å². The van der Waals surface area contributed by atoms with E-state index < -0.39 is 0 Å². The van der Waals surface area contributed by atoms with Gasteiger partial charge in [-0.05, 0) is 48.4 Å². The number of nitrogens with zero attached hydrogens (tertiary/aromatic N) is 4. The van der Waals surface area contributed by atoms with Crippen LogP contribution >= 0.6 is 0 Å². The summed E-state index contributed by atoms with van der Waals surface area (Å²) in [6.07, 6.45) is 4.39. The van der Waals surface area contributed by atoms with Gasteiger partial charge in [-0.2, -0.15) is 4.52 Å². The van der Waals surface area contributed by atoms with E-state index in [1.165, 1.54) is 5.56 Å². The van der Waals surface area contributed by atoms with Gasteiger partial charge in [-0.25, -0.2) is 9.97 Å². The largest absolute Gasteiger partial charge is 0.493 e. The fourth-order valence-electron chi connectivity index (χ4n) is 3.95. The number of methoxy groups -OCH3 is 2. The van der Waals surface area contributed by atoms with Crippen LogP contribution in [0.5, 0.6) is 11.5 Å². The number of hydrogen-bond donors (Lipinski definition) is 2. The molecule has 0 unspecified atom stereocenters. The van der Waals surface area contributed by atoms with E-state index in [4.69, 9.17) is 18.9 Å². The van der Waals surface area contributed by atoms with E-state index >= 15 is 0 Å². The Bertz CT molecular complexity index is 1420. The minimum Gasteiger partial charge on any atom is -0.493 e. The molecule has 9 nitrogen and oxygen atoms in total. The molecular weight excluding hydrogens is 456 g/mol. The SMILES string of the molecule is COc1ccc(CNc2ncc(CNCCc3ccccc3)c3nc(-c4ccco4)nn23)cc1OC. The monoisotopic (exact) mass is 484 g/mol. The van der Waals surface area contributed by atoms with Gasteiger partial charge in [-0.15, -0.1) is 5.10 Å². The molecule has 0 saturated heterocycles. The number of hydrogen-bond acceptors (Lipinski definition) is 8. The van der Waals surface area contributed by atoms with Crippen LogP contribution in [-0.4, -0.2) is 40.3 Å². The fraction of sp³-hybridized carbons (Fsp3) is 0.222. The third kappa shape index (κ3) is 5.16. The van der Waals surface area contributed by atoms with E-state index in [1.54, 1.807) is 25.0 Å². The summed E-state index contributed by atoms with van der Waals surface area (Å²) in [4.78, 5) is 9.41. The minimum absolute atomic E-state index is 0.507. The molecule has 36 heavy (non-hydrogen) atoms. The number of benzene rings is 2. The van der Waals surface area contributed by atoms with Gasteiger partial charge < -0.3 is 24.5 Å². The second-order valence-electron chi connectivity index (χ2n) is 8.21. The zero-order valence-electron chi connectivity index (χ0n) is 20.3. The number of furan rings is 1. The molecule has 9 heteroatoms. The smallest absolute Gasteiger partial charge is 0.226 e. The van der Waals surface area contributed by atoms with Gasteiger partial charge in [0.15, 0.2) is 22.9 Å². The summed E-state index contributed by atoms with van der Waals surface area (Å²) >= 11 is 0. The lowest BCUT2D eigenvalue weighted by atomic mass is 10.1. The van der Waals surface area contributed by atoms with Crippen LogP contribution in [0.25, 0.3) is 17.2 Å². The van der Waals surface area contributed by atoms with Crippen molar-refractivity contribution in [3.05, 3.63) is 89.8 Å². The summed E-state index contributed by atoms with van der Waals surface area (Å²) < 4.78 is 18.0. The third-order valence-electron chi connectivity index (χ3n) is 5.83. The lowest BCUT2D eigenvalue weighted by Gasteiger charge is -2.12. The maximum Gasteiger partial charge on any atom is 0.226 e. The van der Waals surface area contributed by atoms with Crippen LogP contribution in [-0.2, 0) is 19.5 Å². The zero-order chi connectivity index (χ0) is 24.7. The summed E-state index contributed by atoms with van der Waals surface area (Å²) in [6, 6.07) is 19.9. The Labute approximate surface area is 209 Å². The second kappa shape index (κ2) is 10.9. The van der Waals surface area contributed by atoms with Crippen molar-refractivity contribution >= 4 is 11.6 Å². The van der Waals surface area contributed by atoms with E-state index in [0.717, 1.165) is 29.7 Å². The Kier molecular flexibility index (Phi) is 7.09. The lowest BCUT2D eigenvalue weighted by molar-refractivity contribution is 0.354. The summed E-state index contributed by atoms with van der Waals surface area (Å²) in [7, 11) is 3.24. The first kappa shape index (κ1) is 23.4. The molecule has 5 rings (SSSR count). The van der Waals surface area contributed by atoms with Crippen molar-refractivity contribution in [2.45, 2.75) is 19.5 Å². The molecule has 0 aliphatic heterocycles. The van der Waals surface area contributed by atoms with Crippen molar-refractivity contribution < 1.29 is 13.9 Å². The van der Waals surface area contributed by atoms with Crippen molar-refractivity contribution in [2.24, 2.45) is 0 Å². The van der Waals surface area contributed by atoms with Crippen LogP contribution in [0.4, 0.5) is 5.95 Å². The number of nitrogens with one attached hydrogen (secondary N) is 2. The average molecular weight is 485 g/mol. The first-order valence-corrected chi connectivity index (χ1v) is 11.7. The Morgan fingerprint density at radius 3 is 2.56 bits per heavy atom. The molecule has 5 aromatic rings. The Balaban J connectivity index is 1.36. The van der Waals surface area contributed by atoms with E-state index in [-0.39, 0.29) is 0 Å². The van der Waals surface area contributed by atoms with E-state index in [0.29, 0.717) is 42.1 Å². The topological polar surface area (TPSA) is 98.7 Å². The highest BCUT2D eigenvalue weighted by atomic mass is 16.5. The molecule has 0 aliphatic rings. The summed E-state index contributed by atoms with van der Waals surface area (Å²) in [5.41, 5.74) is 3.98. The first-order chi connectivity index (χ1) is 17.7. The van der Waals surface area contributed by atoms with Crippen LogP contribution in [0, 0.1) is 0 Å². The van der Waals surface area contributed by atoms with Crippen LogP contribution in [0.15, 0.2) is 77.5 Å². The highest BCUT2D eigenvalue weighted by molar-refractivity contribution is 5.58. The number of aromatic nitrogens is 4. The molecule has 0 amide bonds. The molecule has 0 bridgehead atoms. The van der Waals surface area contributed by atoms with E-state index in [1.807, 2.05) is 42.6 Å². The molecule has 2 aromatic carbocycles. The quantitative estimate of drug-likeness (QED) is 0.267. The van der Waals surface area contributed by atoms with Crippen LogP contribution in [0.1, 0.15) is 16.7 Å². The number of rotatable bonds is 11. The molecule has 0 aliphatic carbocycles. The van der Waals surface area contributed by atoms with Gasteiger partial charge in [-0.1, -0.05) is 36.4 Å². The molecule has 2 N–H and O–H groups in total. The van der Waals surface area contributed by atoms with Crippen molar-refractivity contribution in [1.82, 2.24) is 24.9 Å². The Morgan fingerprint density at radius 1 is 0.917 bits per heavy atom. The molecule has 0 spiro atoms. The Hall–Kier alpha value is -4.37. The molecule has 0 atom stereocenters. The maximum absolute atomic E-state index is 5.53. The van der Waals surface area contributed by atoms with Gasteiger partial charge in [0.2, 0.25) is 11.8 Å². The van der Waals surface area contributed by atoms with Gasteiger partial charge in [0.05, 0.1) is 20.5 Å². The van der Waals surface area contributed by atoms with Crippen LogP contribution < -0.4 is 20.1 Å². The number of fused-ring (bicyclic) bond motifs is 1. The highest BCUT2D eigenvalue weighted by Gasteiger charge is 2.16. The minimum atomic E-state index is 0.507. The van der Waals surface area contributed by atoms with Crippen molar-refractivity contribution in [1.29, 1.82) is 0 Å².